The van der Waals surface area contributed by atoms with Crippen LogP contribution in [0.2, 0.25) is 0 Å². The first-order chi connectivity index (χ1) is 14.4. The van der Waals surface area contributed by atoms with Gasteiger partial charge in [0.15, 0.2) is 5.69 Å². The topological polar surface area (TPSA) is 46.6 Å². The molecular weight excluding hydrogens is 393 g/mol. The van der Waals surface area contributed by atoms with Crippen LogP contribution < -0.4 is 9.47 Å². The quantitative estimate of drug-likeness (QED) is 0.451. The molecular formula is C23H15F3N2O2. The molecule has 3 rings (SSSR count). The van der Waals surface area contributed by atoms with Crippen LogP contribution in [0.25, 0.3) is 4.85 Å². The van der Waals surface area contributed by atoms with Crippen LogP contribution in [0.5, 0.6) is 11.5 Å². The smallest absolute Gasteiger partial charge is 0.416 e. The Hall–Kier alpha value is -3.97. The SMILES string of the molecule is [C-]#[N+]c1ccc(COc2cc(OCc3ccc(C#N)cc3)cc(C(F)(F)F)c2)cc1. The number of benzene rings is 3. The van der Waals surface area contributed by atoms with Crippen molar-refractivity contribution >= 4 is 5.69 Å². The molecule has 0 saturated heterocycles. The lowest BCUT2D eigenvalue weighted by Crippen LogP contribution is -2.07. The number of nitrogens with zero attached hydrogens (tertiary/aromatic N) is 2. The molecule has 0 saturated carbocycles. The lowest BCUT2D eigenvalue weighted by molar-refractivity contribution is -0.137. The lowest BCUT2D eigenvalue weighted by atomic mass is 10.1. The maximum Gasteiger partial charge on any atom is 0.416 e. The van der Waals surface area contributed by atoms with Crippen molar-refractivity contribution < 1.29 is 22.6 Å². The van der Waals surface area contributed by atoms with E-state index in [0.29, 0.717) is 16.8 Å². The van der Waals surface area contributed by atoms with Gasteiger partial charge in [-0.15, -0.1) is 0 Å². The molecule has 7 heteroatoms. The van der Waals surface area contributed by atoms with Gasteiger partial charge in [-0.25, -0.2) is 4.85 Å². The minimum Gasteiger partial charge on any atom is -0.489 e. The van der Waals surface area contributed by atoms with Gasteiger partial charge in [-0.3, -0.25) is 0 Å². The molecule has 3 aromatic carbocycles. The Balaban J connectivity index is 1.75. The van der Waals surface area contributed by atoms with Gasteiger partial charge in [0, 0.05) is 6.07 Å². The minimum atomic E-state index is -4.55. The zero-order valence-corrected chi connectivity index (χ0v) is 15.6. The van der Waals surface area contributed by atoms with Crippen LogP contribution in [0.1, 0.15) is 22.3 Å². The van der Waals surface area contributed by atoms with Gasteiger partial charge in [-0.2, -0.15) is 18.4 Å². The van der Waals surface area contributed by atoms with Crippen molar-refractivity contribution in [1.82, 2.24) is 0 Å². The number of hydrogen-bond acceptors (Lipinski definition) is 3. The Kier molecular flexibility index (Phi) is 6.24. The molecule has 0 aliphatic rings. The largest absolute Gasteiger partial charge is 0.489 e. The van der Waals surface area contributed by atoms with E-state index in [2.05, 4.69) is 4.85 Å². The van der Waals surface area contributed by atoms with Gasteiger partial charge in [0.2, 0.25) is 0 Å². The van der Waals surface area contributed by atoms with Crippen LogP contribution >= 0.6 is 0 Å². The van der Waals surface area contributed by atoms with Crippen LogP contribution in [0, 0.1) is 17.9 Å². The Morgan fingerprint density at radius 1 is 0.833 bits per heavy atom. The van der Waals surface area contributed by atoms with Gasteiger partial charge >= 0.3 is 6.18 Å². The van der Waals surface area contributed by atoms with Gasteiger partial charge < -0.3 is 9.47 Å². The van der Waals surface area contributed by atoms with Crippen molar-refractivity contribution in [2.24, 2.45) is 0 Å². The summed E-state index contributed by atoms with van der Waals surface area (Å²) in [4.78, 5) is 3.29. The van der Waals surface area contributed by atoms with Gasteiger partial charge in [0.1, 0.15) is 24.7 Å². The average Bonchev–Trinajstić information content (AvgIpc) is 2.76. The van der Waals surface area contributed by atoms with Crippen LogP contribution in [0.4, 0.5) is 18.9 Å². The molecule has 30 heavy (non-hydrogen) atoms. The Morgan fingerprint density at radius 3 is 1.77 bits per heavy atom. The van der Waals surface area contributed by atoms with Crippen molar-refractivity contribution in [3.05, 3.63) is 100 Å². The summed E-state index contributed by atoms with van der Waals surface area (Å²) < 4.78 is 50.9. The fourth-order valence-electron chi connectivity index (χ4n) is 2.58. The molecule has 0 spiro atoms. The van der Waals surface area contributed by atoms with Gasteiger partial charge in [-0.05, 0) is 35.4 Å². The Labute approximate surface area is 171 Å². The summed E-state index contributed by atoms with van der Waals surface area (Å²) in [5.41, 5.74) is 1.51. The van der Waals surface area contributed by atoms with Gasteiger partial charge in [0.05, 0.1) is 23.8 Å². The first-order valence-electron chi connectivity index (χ1n) is 8.81. The third-order valence-corrected chi connectivity index (χ3v) is 4.17. The molecule has 0 heterocycles. The van der Waals surface area contributed by atoms with E-state index >= 15 is 0 Å². The highest BCUT2D eigenvalue weighted by Gasteiger charge is 2.31. The highest BCUT2D eigenvalue weighted by molar-refractivity contribution is 5.45. The minimum absolute atomic E-state index is 0.0209. The number of alkyl halides is 3. The fraction of sp³-hybridized carbons (Fsp3) is 0.130. The third kappa shape index (κ3) is 5.52. The number of halogens is 3. The van der Waals surface area contributed by atoms with Crippen molar-refractivity contribution in [2.45, 2.75) is 19.4 Å². The molecule has 0 aliphatic heterocycles. The van der Waals surface area contributed by atoms with E-state index in [1.165, 1.54) is 6.07 Å². The molecule has 0 amide bonds. The molecule has 0 fully saturated rings. The van der Waals surface area contributed by atoms with E-state index < -0.39 is 11.7 Å². The summed E-state index contributed by atoms with van der Waals surface area (Å²) in [6.45, 7) is 7.03. The van der Waals surface area contributed by atoms with Crippen LogP contribution in [0.15, 0.2) is 66.7 Å². The molecule has 0 bridgehead atoms. The van der Waals surface area contributed by atoms with E-state index in [4.69, 9.17) is 21.3 Å². The number of ether oxygens (including phenoxy) is 2. The number of rotatable bonds is 6. The average molecular weight is 408 g/mol. The second kappa shape index (κ2) is 9.02. The monoisotopic (exact) mass is 408 g/mol. The van der Waals surface area contributed by atoms with Crippen molar-refractivity contribution in [3.8, 4) is 17.6 Å². The molecule has 0 atom stereocenters. The highest BCUT2D eigenvalue weighted by atomic mass is 19.4. The normalized spacial score (nSPS) is 10.7. The summed E-state index contributed by atoms with van der Waals surface area (Å²) in [5.74, 6) is 0.0430. The summed E-state index contributed by atoms with van der Waals surface area (Å²) in [7, 11) is 0. The Bertz CT molecular complexity index is 1010. The molecule has 0 radical (unpaired) electrons. The first kappa shape index (κ1) is 20.8. The molecule has 3 aromatic rings. The van der Waals surface area contributed by atoms with Crippen molar-refractivity contribution in [2.75, 3.05) is 0 Å². The van der Waals surface area contributed by atoms with E-state index in [9.17, 15) is 13.2 Å². The van der Waals surface area contributed by atoms with Crippen molar-refractivity contribution in [1.29, 1.82) is 5.26 Å². The lowest BCUT2D eigenvalue weighted by Gasteiger charge is -2.14. The predicted molar refractivity (Wildman–Crippen MR) is 104 cm³/mol. The number of hydrogen-bond donors (Lipinski definition) is 0. The second-order valence-electron chi connectivity index (χ2n) is 6.36. The maximum absolute atomic E-state index is 13.3. The van der Waals surface area contributed by atoms with Crippen LogP contribution in [0.3, 0.4) is 0 Å². The molecule has 150 valence electrons. The molecule has 0 N–H and O–H groups in total. The molecule has 0 aliphatic carbocycles. The van der Waals surface area contributed by atoms with E-state index in [1.807, 2.05) is 6.07 Å². The van der Waals surface area contributed by atoms with Gasteiger partial charge in [-0.1, -0.05) is 36.4 Å². The van der Waals surface area contributed by atoms with E-state index in [-0.39, 0.29) is 24.7 Å². The zero-order valence-electron chi connectivity index (χ0n) is 15.6. The maximum atomic E-state index is 13.3. The summed E-state index contributed by atoms with van der Waals surface area (Å²) in [5, 5.41) is 8.82. The standard InChI is InChI=1S/C23H15F3N2O2/c1-28-20-8-6-18(7-9-20)15-30-22-11-19(23(24,25)26)10-21(12-22)29-14-17-4-2-16(13-27)3-5-17/h2-12H,14-15H2. The summed E-state index contributed by atoms with van der Waals surface area (Å²) in [6.07, 6.45) is -4.55. The predicted octanol–water partition coefficient (Wildman–Crippen LogP) is 6.29. The van der Waals surface area contributed by atoms with E-state index in [0.717, 1.165) is 17.7 Å². The second-order valence-corrected chi connectivity index (χ2v) is 6.36. The van der Waals surface area contributed by atoms with Crippen LogP contribution in [-0.4, -0.2) is 0 Å². The fourth-order valence-corrected chi connectivity index (χ4v) is 2.58. The third-order valence-electron chi connectivity index (χ3n) is 4.17. The highest BCUT2D eigenvalue weighted by Crippen LogP contribution is 2.35. The van der Waals surface area contributed by atoms with Crippen molar-refractivity contribution in [3.63, 3.8) is 0 Å². The Morgan fingerprint density at radius 2 is 1.33 bits per heavy atom. The molecule has 4 nitrogen and oxygen atoms in total. The summed E-state index contributed by atoms with van der Waals surface area (Å²) in [6, 6.07) is 18.4. The zero-order chi connectivity index (χ0) is 21.6. The van der Waals surface area contributed by atoms with E-state index in [1.54, 1.807) is 48.5 Å². The first-order valence-corrected chi connectivity index (χ1v) is 8.81. The summed E-state index contributed by atoms with van der Waals surface area (Å²) >= 11 is 0. The molecule has 0 unspecified atom stereocenters. The van der Waals surface area contributed by atoms with Crippen LogP contribution in [-0.2, 0) is 19.4 Å². The number of nitriles is 1. The van der Waals surface area contributed by atoms with Gasteiger partial charge in [0.25, 0.3) is 0 Å². The molecule has 0 aromatic heterocycles.